The molecule has 1 atom stereocenters. The monoisotopic (exact) mass is 265 g/mol. The van der Waals surface area contributed by atoms with Crippen molar-refractivity contribution in [3.05, 3.63) is 0 Å². The van der Waals surface area contributed by atoms with Gasteiger partial charge < -0.3 is 10.1 Å². The Morgan fingerprint density at radius 1 is 1.47 bits per heavy atom. The van der Waals surface area contributed by atoms with Crippen molar-refractivity contribution in [2.75, 3.05) is 33.3 Å². The number of hydrogen-bond donors (Lipinski definition) is 2. The van der Waals surface area contributed by atoms with Crippen molar-refractivity contribution in [1.29, 1.82) is 0 Å². The van der Waals surface area contributed by atoms with E-state index in [9.17, 15) is 13.2 Å². The summed E-state index contributed by atoms with van der Waals surface area (Å²) in [6.07, 6.45) is 0.359. The van der Waals surface area contributed by atoms with Gasteiger partial charge >= 0.3 is 5.97 Å². The molecule has 1 rings (SSSR count). The highest BCUT2D eigenvalue weighted by atomic mass is 32.2. The van der Waals surface area contributed by atoms with Crippen molar-refractivity contribution in [3.63, 3.8) is 0 Å². The first-order valence-electron chi connectivity index (χ1n) is 5.57. The molecule has 0 saturated carbocycles. The number of piperazine rings is 1. The van der Waals surface area contributed by atoms with Crippen LogP contribution < -0.4 is 10.0 Å². The second-order valence-electron chi connectivity index (χ2n) is 3.76. The second-order valence-corrected chi connectivity index (χ2v) is 5.46. The number of esters is 1. The van der Waals surface area contributed by atoms with Gasteiger partial charge in [0.2, 0.25) is 0 Å². The van der Waals surface area contributed by atoms with Gasteiger partial charge in [0.05, 0.1) is 7.11 Å². The van der Waals surface area contributed by atoms with Gasteiger partial charge in [-0.25, -0.2) is 0 Å². The van der Waals surface area contributed by atoms with Crippen molar-refractivity contribution in [3.8, 4) is 0 Å². The Morgan fingerprint density at radius 2 is 2.06 bits per heavy atom. The predicted octanol–water partition coefficient (Wildman–Crippen LogP) is -1.32. The Hall–Kier alpha value is -0.700. The van der Waals surface area contributed by atoms with E-state index in [4.69, 9.17) is 0 Å². The molecular formula is C9H19N3O4S. The van der Waals surface area contributed by atoms with E-state index in [1.807, 2.05) is 0 Å². The zero-order chi connectivity index (χ0) is 12.9. The van der Waals surface area contributed by atoms with Crippen molar-refractivity contribution in [2.45, 2.75) is 19.4 Å². The molecule has 0 bridgehead atoms. The van der Waals surface area contributed by atoms with Gasteiger partial charge in [-0.1, -0.05) is 6.92 Å². The molecule has 17 heavy (non-hydrogen) atoms. The summed E-state index contributed by atoms with van der Waals surface area (Å²) in [5.41, 5.74) is 0. The number of methoxy groups -OCH3 is 1. The maximum atomic E-state index is 12.0. The van der Waals surface area contributed by atoms with Crippen molar-refractivity contribution < 1.29 is 17.9 Å². The zero-order valence-electron chi connectivity index (χ0n) is 10.1. The summed E-state index contributed by atoms with van der Waals surface area (Å²) >= 11 is 0. The van der Waals surface area contributed by atoms with E-state index in [1.165, 1.54) is 11.4 Å². The maximum absolute atomic E-state index is 12.0. The fourth-order valence-corrected chi connectivity index (χ4v) is 3.01. The lowest BCUT2D eigenvalue weighted by molar-refractivity contribution is -0.142. The molecule has 0 aromatic rings. The van der Waals surface area contributed by atoms with E-state index < -0.39 is 22.2 Å². The van der Waals surface area contributed by atoms with Crippen LogP contribution in [0.25, 0.3) is 0 Å². The van der Waals surface area contributed by atoms with Crippen LogP contribution in [0.4, 0.5) is 0 Å². The Morgan fingerprint density at radius 3 is 2.53 bits per heavy atom. The van der Waals surface area contributed by atoms with Gasteiger partial charge in [0.15, 0.2) is 0 Å². The summed E-state index contributed by atoms with van der Waals surface area (Å²) < 4.78 is 32.1. The Balaban J connectivity index is 2.66. The molecule has 1 heterocycles. The van der Waals surface area contributed by atoms with Crippen LogP contribution in [0.5, 0.6) is 0 Å². The number of ether oxygens (including phenoxy) is 1. The average Bonchev–Trinajstić information content (AvgIpc) is 2.36. The quantitative estimate of drug-likeness (QED) is 0.602. The summed E-state index contributed by atoms with van der Waals surface area (Å²) in [5.74, 6) is -0.564. The minimum absolute atomic E-state index is 0.359. The average molecular weight is 265 g/mol. The highest BCUT2D eigenvalue weighted by Crippen LogP contribution is 2.04. The molecule has 100 valence electrons. The first-order valence-corrected chi connectivity index (χ1v) is 7.01. The van der Waals surface area contributed by atoms with Crippen molar-refractivity contribution in [1.82, 2.24) is 14.3 Å². The molecule has 0 radical (unpaired) electrons. The van der Waals surface area contributed by atoms with Gasteiger partial charge in [0, 0.05) is 26.2 Å². The van der Waals surface area contributed by atoms with Crippen LogP contribution in [0, 0.1) is 0 Å². The number of rotatable bonds is 5. The third-order valence-corrected chi connectivity index (χ3v) is 4.23. The van der Waals surface area contributed by atoms with Gasteiger partial charge in [-0.15, -0.1) is 0 Å². The lowest BCUT2D eigenvalue weighted by atomic mass is 10.2. The molecule has 0 spiro atoms. The summed E-state index contributed by atoms with van der Waals surface area (Å²) in [5, 5.41) is 3.06. The minimum atomic E-state index is -3.61. The van der Waals surface area contributed by atoms with Crippen LogP contribution in [-0.2, 0) is 19.7 Å². The van der Waals surface area contributed by atoms with Crippen LogP contribution in [-0.4, -0.2) is 58.0 Å². The van der Waals surface area contributed by atoms with E-state index in [0.717, 1.165) is 0 Å². The fourth-order valence-electron chi connectivity index (χ4n) is 1.58. The number of nitrogens with one attached hydrogen (secondary N) is 2. The third-order valence-electron chi connectivity index (χ3n) is 2.60. The predicted molar refractivity (Wildman–Crippen MR) is 62.6 cm³/mol. The summed E-state index contributed by atoms with van der Waals surface area (Å²) in [7, 11) is -2.37. The maximum Gasteiger partial charge on any atom is 0.323 e. The van der Waals surface area contributed by atoms with E-state index in [-0.39, 0.29) is 0 Å². The van der Waals surface area contributed by atoms with E-state index >= 15 is 0 Å². The largest absolute Gasteiger partial charge is 0.468 e. The standard InChI is InChI=1S/C9H19N3O4S/c1-3-8(9(13)16-2)11-17(14,15)12-6-4-10-5-7-12/h8,10-11H,3-7H2,1-2H3. The van der Waals surface area contributed by atoms with Gasteiger partial charge in [0.1, 0.15) is 6.04 Å². The van der Waals surface area contributed by atoms with Crippen LogP contribution in [0.2, 0.25) is 0 Å². The third kappa shape index (κ3) is 3.91. The molecule has 7 nitrogen and oxygen atoms in total. The number of carbonyl (C=O) groups is 1. The molecule has 0 aromatic carbocycles. The summed E-state index contributed by atoms with van der Waals surface area (Å²) in [4.78, 5) is 11.3. The van der Waals surface area contributed by atoms with Crippen molar-refractivity contribution >= 4 is 16.2 Å². The lowest BCUT2D eigenvalue weighted by Gasteiger charge is -2.28. The van der Waals surface area contributed by atoms with Gasteiger partial charge in [-0.3, -0.25) is 4.79 Å². The molecule has 1 aliphatic heterocycles. The minimum Gasteiger partial charge on any atom is -0.468 e. The van der Waals surface area contributed by atoms with E-state index in [1.54, 1.807) is 6.92 Å². The lowest BCUT2D eigenvalue weighted by Crippen LogP contribution is -2.53. The zero-order valence-corrected chi connectivity index (χ0v) is 10.9. The van der Waals surface area contributed by atoms with Crippen LogP contribution in [0.15, 0.2) is 0 Å². The molecule has 1 aliphatic rings. The van der Waals surface area contributed by atoms with Crippen LogP contribution >= 0.6 is 0 Å². The van der Waals surface area contributed by atoms with Crippen molar-refractivity contribution in [2.24, 2.45) is 0 Å². The first-order chi connectivity index (χ1) is 8.01. The number of nitrogens with zero attached hydrogens (tertiary/aromatic N) is 1. The Bertz CT molecular complexity index is 351. The second kappa shape index (κ2) is 6.29. The normalized spacial score (nSPS) is 19.9. The van der Waals surface area contributed by atoms with Gasteiger partial charge in [-0.05, 0) is 6.42 Å². The molecular weight excluding hydrogens is 246 g/mol. The topological polar surface area (TPSA) is 87.7 Å². The molecule has 8 heteroatoms. The summed E-state index contributed by atoms with van der Waals surface area (Å²) in [6, 6.07) is -0.820. The number of hydrogen-bond acceptors (Lipinski definition) is 5. The van der Waals surface area contributed by atoms with E-state index in [2.05, 4.69) is 14.8 Å². The summed E-state index contributed by atoms with van der Waals surface area (Å²) in [6.45, 7) is 3.79. The van der Waals surface area contributed by atoms with Crippen LogP contribution in [0.3, 0.4) is 0 Å². The SMILES string of the molecule is CCC(NS(=O)(=O)N1CCNCC1)C(=O)OC. The molecule has 0 aliphatic carbocycles. The molecule has 2 N–H and O–H groups in total. The van der Waals surface area contributed by atoms with Gasteiger partial charge in [0.25, 0.3) is 10.2 Å². The smallest absolute Gasteiger partial charge is 0.323 e. The Kier molecular flexibility index (Phi) is 5.31. The Labute approximate surface area is 102 Å². The molecule has 1 saturated heterocycles. The molecule has 1 fully saturated rings. The van der Waals surface area contributed by atoms with E-state index in [0.29, 0.717) is 32.6 Å². The number of carbonyl (C=O) groups excluding carboxylic acids is 1. The molecule has 1 unspecified atom stereocenters. The highest BCUT2D eigenvalue weighted by molar-refractivity contribution is 7.87. The fraction of sp³-hybridized carbons (Fsp3) is 0.889. The van der Waals surface area contributed by atoms with Crippen LogP contribution in [0.1, 0.15) is 13.3 Å². The van der Waals surface area contributed by atoms with Gasteiger partial charge in [-0.2, -0.15) is 17.4 Å². The molecule has 0 aromatic heterocycles. The molecule has 0 amide bonds. The first kappa shape index (κ1) is 14.4. The highest BCUT2D eigenvalue weighted by Gasteiger charge is 2.29.